The highest BCUT2D eigenvalue weighted by Crippen LogP contribution is 2.16. The smallest absolute Gasteiger partial charge is 0.252 e. The number of para-hydroxylation sites is 1. The third-order valence-electron chi connectivity index (χ3n) is 3.69. The molecule has 0 fully saturated rings. The number of aryl methyl sites for hydroxylation is 1. The van der Waals surface area contributed by atoms with E-state index in [1.165, 1.54) is 6.07 Å². The fourth-order valence-corrected chi connectivity index (χ4v) is 2.47. The van der Waals surface area contributed by atoms with Crippen molar-refractivity contribution in [2.45, 2.75) is 6.54 Å². The van der Waals surface area contributed by atoms with Gasteiger partial charge in [0, 0.05) is 25.0 Å². The van der Waals surface area contributed by atoms with E-state index in [9.17, 15) is 9.59 Å². The van der Waals surface area contributed by atoms with Gasteiger partial charge in [-0.05, 0) is 11.6 Å². The number of carbonyl (C=O) groups is 1. The maximum atomic E-state index is 12.4. The van der Waals surface area contributed by atoms with Crippen LogP contribution in [0.4, 0.5) is 0 Å². The largest absolute Gasteiger partial charge is 0.348 e. The van der Waals surface area contributed by atoms with E-state index in [2.05, 4.69) is 5.32 Å². The van der Waals surface area contributed by atoms with Gasteiger partial charge in [-0.2, -0.15) is 0 Å². The van der Waals surface area contributed by atoms with Crippen LogP contribution in [-0.4, -0.2) is 10.5 Å². The van der Waals surface area contributed by atoms with Crippen LogP contribution < -0.4 is 10.9 Å². The predicted octanol–water partition coefficient (Wildman–Crippen LogP) is 2.47. The maximum Gasteiger partial charge on any atom is 0.252 e. The summed E-state index contributed by atoms with van der Waals surface area (Å²) >= 11 is 0. The van der Waals surface area contributed by atoms with Gasteiger partial charge in [-0.1, -0.05) is 48.5 Å². The van der Waals surface area contributed by atoms with Gasteiger partial charge >= 0.3 is 0 Å². The summed E-state index contributed by atoms with van der Waals surface area (Å²) in [4.78, 5) is 24.5. The van der Waals surface area contributed by atoms with Crippen molar-refractivity contribution in [1.29, 1.82) is 0 Å². The van der Waals surface area contributed by atoms with Gasteiger partial charge in [0.15, 0.2) is 0 Å². The van der Waals surface area contributed by atoms with Crippen LogP contribution in [0.15, 0.2) is 65.5 Å². The van der Waals surface area contributed by atoms with E-state index >= 15 is 0 Å². The van der Waals surface area contributed by atoms with Crippen molar-refractivity contribution in [2.24, 2.45) is 7.05 Å². The summed E-state index contributed by atoms with van der Waals surface area (Å²) in [6.07, 6.45) is 0. The third kappa shape index (κ3) is 2.63. The SMILES string of the molecule is Cn1c(=O)cc(C(=O)NCc2ccccc2)c2ccccc21. The number of fused-ring (bicyclic) bond motifs is 1. The average Bonchev–Trinajstić information content (AvgIpc) is 2.57. The van der Waals surface area contributed by atoms with Gasteiger partial charge in [0.25, 0.3) is 11.5 Å². The van der Waals surface area contributed by atoms with E-state index in [-0.39, 0.29) is 11.5 Å². The first kappa shape index (κ1) is 14.1. The van der Waals surface area contributed by atoms with E-state index in [4.69, 9.17) is 0 Å². The second kappa shape index (κ2) is 5.85. The minimum Gasteiger partial charge on any atom is -0.348 e. The maximum absolute atomic E-state index is 12.4. The lowest BCUT2D eigenvalue weighted by molar-refractivity contribution is 0.0952. The average molecular weight is 292 g/mol. The number of pyridine rings is 1. The highest BCUT2D eigenvalue weighted by Gasteiger charge is 2.12. The molecule has 3 rings (SSSR count). The number of nitrogens with one attached hydrogen (secondary N) is 1. The van der Waals surface area contributed by atoms with E-state index in [1.54, 1.807) is 11.6 Å². The first-order valence-corrected chi connectivity index (χ1v) is 7.08. The molecule has 22 heavy (non-hydrogen) atoms. The minimum absolute atomic E-state index is 0.191. The number of nitrogens with zero attached hydrogens (tertiary/aromatic N) is 1. The Morgan fingerprint density at radius 1 is 1.05 bits per heavy atom. The summed E-state index contributed by atoms with van der Waals surface area (Å²) < 4.78 is 1.54. The summed E-state index contributed by atoms with van der Waals surface area (Å²) in [6, 6.07) is 18.5. The van der Waals surface area contributed by atoms with Crippen molar-refractivity contribution in [1.82, 2.24) is 9.88 Å². The molecule has 0 saturated carbocycles. The zero-order valence-corrected chi connectivity index (χ0v) is 12.2. The van der Waals surface area contributed by atoms with Gasteiger partial charge in [0.1, 0.15) is 0 Å². The Morgan fingerprint density at radius 3 is 2.50 bits per heavy atom. The number of hydrogen-bond acceptors (Lipinski definition) is 2. The zero-order valence-electron chi connectivity index (χ0n) is 12.2. The fraction of sp³-hybridized carbons (Fsp3) is 0.111. The van der Waals surface area contributed by atoms with Crippen LogP contribution >= 0.6 is 0 Å². The van der Waals surface area contributed by atoms with E-state index in [1.807, 2.05) is 54.6 Å². The second-order valence-electron chi connectivity index (χ2n) is 5.14. The van der Waals surface area contributed by atoms with Crippen LogP contribution in [0.5, 0.6) is 0 Å². The van der Waals surface area contributed by atoms with Gasteiger partial charge in [-0.25, -0.2) is 0 Å². The van der Waals surface area contributed by atoms with Gasteiger partial charge < -0.3 is 9.88 Å². The Bertz CT molecular complexity index is 882. The molecule has 0 atom stereocenters. The van der Waals surface area contributed by atoms with Crippen LogP contribution in [0.1, 0.15) is 15.9 Å². The standard InChI is InChI=1S/C18H16N2O2/c1-20-16-10-6-5-9-14(16)15(11-17(20)21)18(22)19-12-13-7-3-2-4-8-13/h2-11H,12H2,1H3,(H,19,22). The molecule has 2 aromatic carbocycles. The van der Waals surface area contributed by atoms with Crippen molar-refractivity contribution < 1.29 is 4.79 Å². The Morgan fingerprint density at radius 2 is 1.73 bits per heavy atom. The molecule has 1 amide bonds. The van der Waals surface area contributed by atoms with Crippen molar-refractivity contribution >= 4 is 16.8 Å². The molecule has 4 nitrogen and oxygen atoms in total. The summed E-state index contributed by atoms with van der Waals surface area (Å²) in [7, 11) is 1.70. The van der Waals surface area contributed by atoms with Crippen molar-refractivity contribution in [3.8, 4) is 0 Å². The second-order valence-corrected chi connectivity index (χ2v) is 5.14. The lowest BCUT2D eigenvalue weighted by atomic mass is 10.1. The molecule has 110 valence electrons. The molecule has 0 unspecified atom stereocenters. The molecule has 0 aliphatic carbocycles. The van der Waals surface area contributed by atoms with E-state index < -0.39 is 0 Å². The molecule has 0 aliphatic heterocycles. The van der Waals surface area contributed by atoms with Crippen molar-refractivity contribution in [3.63, 3.8) is 0 Å². The molecule has 4 heteroatoms. The normalized spacial score (nSPS) is 10.6. The van der Waals surface area contributed by atoms with Gasteiger partial charge in [-0.15, -0.1) is 0 Å². The molecule has 1 aromatic heterocycles. The highest BCUT2D eigenvalue weighted by molar-refractivity contribution is 6.06. The highest BCUT2D eigenvalue weighted by atomic mass is 16.2. The van der Waals surface area contributed by atoms with Crippen LogP contribution in [0, 0.1) is 0 Å². The number of carbonyl (C=O) groups excluding carboxylic acids is 1. The molecule has 0 saturated heterocycles. The summed E-state index contributed by atoms with van der Waals surface area (Å²) in [5.74, 6) is -0.238. The van der Waals surface area contributed by atoms with Crippen LogP contribution in [0.25, 0.3) is 10.9 Å². The molecule has 0 spiro atoms. The molecular weight excluding hydrogens is 276 g/mol. The van der Waals surface area contributed by atoms with Gasteiger partial charge in [-0.3, -0.25) is 9.59 Å². The molecule has 0 radical (unpaired) electrons. The Kier molecular flexibility index (Phi) is 3.74. The molecule has 1 heterocycles. The minimum atomic E-state index is -0.238. The molecule has 3 aromatic rings. The summed E-state index contributed by atoms with van der Waals surface area (Å²) in [5.41, 5.74) is 1.99. The molecular formula is C18H16N2O2. The lowest BCUT2D eigenvalue weighted by Gasteiger charge is -2.10. The van der Waals surface area contributed by atoms with Crippen molar-refractivity contribution in [2.75, 3.05) is 0 Å². The fourth-order valence-electron chi connectivity index (χ4n) is 2.47. The van der Waals surface area contributed by atoms with Crippen molar-refractivity contribution in [3.05, 3.63) is 82.1 Å². The van der Waals surface area contributed by atoms with Crippen LogP contribution in [-0.2, 0) is 13.6 Å². The first-order valence-electron chi connectivity index (χ1n) is 7.08. The van der Waals surface area contributed by atoms with Gasteiger partial charge in [0.2, 0.25) is 0 Å². The quantitative estimate of drug-likeness (QED) is 0.806. The molecule has 0 aliphatic rings. The lowest BCUT2D eigenvalue weighted by Crippen LogP contribution is -2.26. The Balaban J connectivity index is 1.94. The molecule has 0 bridgehead atoms. The topological polar surface area (TPSA) is 51.1 Å². The number of hydrogen-bond donors (Lipinski definition) is 1. The summed E-state index contributed by atoms with van der Waals surface area (Å²) in [6.45, 7) is 0.434. The summed E-state index contributed by atoms with van der Waals surface area (Å²) in [5, 5.41) is 3.64. The number of amides is 1. The first-order chi connectivity index (χ1) is 10.7. The monoisotopic (exact) mass is 292 g/mol. The number of benzene rings is 2. The van der Waals surface area contributed by atoms with Gasteiger partial charge in [0.05, 0.1) is 11.1 Å². The number of rotatable bonds is 3. The van der Waals surface area contributed by atoms with E-state index in [0.717, 1.165) is 16.5 Å². The third-order valence-corrected chi connectivity index (χ3v) is 3.69. The zero-order chi connectivity index (χ0) is 15.5. The predicted molar refractivity (Wildman–Crippen MR) is 86.8 cm³/mol. The Hall–Kier alpha value is -2.88. The number of aromatic nitrogens is 1. The molecule has 1 N–H and O–H groups in total. The van der Waals surface area contributed by atoms with E-state index in [0.29, 0.717) is 12.1 Å². The Labute approximate surface area is 128 Å². The van der Waals surface area contributed by atoms with Crippen LogP contribution in [0.3, 0.4) is 0 Å². The van der Waals surface area contributed by atoms with Crippen LogP contribution in [0.2, 0.25) is 0 Å².